The molecule has 0 amide bonds. The van der Waals surface area contributed by atoms with E-state index in [1.807, 2.05) is 18.2 Å². The number of para-hydroxylation sites is 1. The number of halogens is 1. The Bertz CT molecular complexity index is 1330. The van der Waals surface area contributed by atoms with E-state index in [2.05, 4.69) is 15.1 Å². The summed E-state index contributed by atoms with van der Waals surface area (Å²) in [5.41, 5.74) is 1.58. The average molecular weight is 362 g/mol. The van der Waals surface area contributed by atoms with Gasteiger partial charge in [-0.05, 0) is 36.4 Å². The van der Waals surface area contributed by atoms with Crippen LogP contribution in [0, 0.1) is 5.82 Å². The van der Waals surface area contributed by atoms with Crippen molar-refractivity contribution in [3.63, 3.8) is 0 Å². The summed E-state index contributed by atoms with van der Waals surface area (Å²) >= 11 is 0. The molecule has 27 heavy (non-hydrogen) atoms. The van der Waals surface area contributed by atoms with Gasteiger partial charge < -0.3 is 8.94 Å². The van der Waals surface area contributed by atoms with Crippen molar-refractivity contribution in [3.05, 3.63) is 76.9 Å². The van der Waals surface area contributed by atoms with E-state index in [-0.39, 0.29) is 29.4 Å². The fraction of sp³-hybridized carbons (Fsp3) is 0.0526. The van der Waals surface area contributed by atoms with Crippen LogP contribution in [0.4, 0.5) is 4.39 Å². The van der Waals surface area contributed by atoms with Crippen LogP contribution >= 0.6 is 0 Å². The van der Waals surface area contributed by atoms with Crippen molar-refractivity contribution >= 4 is 22.1 Å². The first kappa shape index (κ1) is 15.4. The maximum absolute atomic E-state index is 13.0. The lowest BCUT2D eigenvalue weighted by Gasteiger charge is -2.00. The highest BCUT2D eigenvalue weighted by molar-refractivity contribution is 6.01. The molecule has 3 heterocycles. The Hall–Kier alpha value is -3.81. The van der Waals surface area contributed by atoms with E-state index >= 15 is 0 Å². The number of fused-ring (bicyclic) bond motifs is 3. The molecule has 2 aromatic carbocycles. The monoisotopic (exact) mass is 362 g/mol. The SMILES string of the molecule is O=c1c2oc3ccccc3c2ncn1Cc1nc(-c2ccc(F)cc2)no1. The van der Waals surface area contributed by atoms with E-state index in [1.165, 1.54) is 23.0 Å². The third-order valence-corrected chi connectivity index (χ3v) is 4.23. The van der Waals surface area contributed by atoms with Crippen LogP contribution in [0.5, 0.6) is 0 Å². The Labute approximate surface area is 150 Å². The number of rotatable bonds is 3. The molecule has 0 saturated heterocycles. The summed E-state index contributed by atoms with van der Waals surface area (Å²) < 4.78 is 25.2. The van der Waals surface area contributed by atoms with Crippen LogP contribution in [0.3, 0.4) is 0 Å². The van der Waals surface area contributed by atoms with Gasteiger partial charge >= 0.3 is 0 Å². The molecule has 5 rings (SSSR count). The zero-order valence-corrected chi connectivity index (χ0v) is 13.8. The van der Waals surface area contributed by atoms with Gasteiger partial charge in [0, 0.05) is 10.9 Å². The molecule has 7 nitrogen and oxygen atoms in total. The second-order valence-electron chi connectivity index (χ2n) is 5.97. The van der Waals surface area contributed by atoms with E-state index in [0.717, 1.165) is 5.39 Å². The molecular weight excluding hydrogens is 351 g/mol. The van der Waals surface area contributed by atoms with Gasteiger partial charge in [0.25, 0.3) is 5.56 Å². The minimum atomic E-state index is -0.348. The van der Waals surface area contributed by atoms with Crippen LogP contribution in [0.1, 0.15) is 5.89 Å². The molecule has 3 aromatic heterocycles. The lowest BCUT2D eigenvalue weighted by atomic mass is 10.2. The van der Waals surface area contributed by atoms with Crippen molar-refractivity contribution < 1.29 is 13.3 Å². The molecule has 0 saturated carbocycles. The molecule has 0 atom stereocenters. The maximum atomic E-state index is 13.0. The molecule has 0 fully saturated rings. The van der Waals surface area contributed by atoms with E-state index in [1.54, 1.807) is 18.2 Å². The summed E-state index contributed by atoms with van der Waals surface area (Å²) in [5, 5.41) is 4.66. The van der Waals surface area contributed by atoms with Gasteiger partial charge in [-0.15, -0.1) is 0 Å². The summed E-state index contributed by atoms with van der Waals surface area (Å²) in [6.45, 7) is 0.0486. The topological polar surface area (TPSA) is 87.0 Å². The van der Waals surface area contributed by atoms with Crippen molar-refractivity contribution in [3.8, 4) is 11.4 Å². The largest absolute Gasteiger partial charge is 0.448 e. The second-order valence-corrected chi connectivity index (χ2v) is 5.97. The predicted molar refractivity (Wildman–Crippen MR) is 94.6 cm³/mol. The first-order valence-electron chi connectivity index (χ1n) is 8.14. The normalized spacial score (nSPS) is 11.4. The minimum Gasteiger partial charge on any atom is -0.448 e. The number of nitrogens with zero attached hydrogens (tertiary/aromatic N) is 4. The van der Waals surface area contributed by atoms with Crippen LogP contribution in [-0.4, -0.2) is 19.7 Å². The van der Waals surface area contributed by atoms with Crippen molar-refractivity contribution in [2.45, 2.75) is 6.54 Å². The lowest BCUT2D eigenvalue weighted by Crippen LogP contribution is -2.20. The van der Waals surface area contributed by atoms with Crippen molar-refractivity contribution in [2.75, 3.05) is 0 Å². The molecule has 0 spiro atoms. The zero-order valence-electron chi connectivity index (χ0n) is 13.8. The van der Waals surface area contributed by atoms with Gasteiger partial charge in [0.05, 0.1) is 6.33 Å². The van der Waals surface area contributed by atoms with Crippen molar-refractivity contribution in [1.29, 1.82) is 0 Å². The number of hydrogen-bond donors (Lipinski definition) is 0. The summed E-state index contributed by atoms with van der Waals surface area (Å²) in [7, 11) is 0. The third kappa shape index (κ3) is 2.58. The first-order chi connectivity index (χ1) is 13.2. The molecule has 0 aliphatic heterocycles. The fourth-order valence-electron chi connectivity index (χ4n) is 2.91. The molecule has 132 valence electrons. The molecule has 0 aliphatic rings. The fourth-order valence-corrected chi connectivity index (χ4v) is 2.91. The van der Waals surface area contributed by atoms with Crippen molar-refractivity contribution in [1.82, 2.24) is 19.7 Å². The second kappa shape index (κ2) is 5.87. The molecule has 0 unspecified atom stereocenters. The van der Waals surface area contributed by atoms with E-state index < -0.39 is 0 Å². The Morgan fingerprint density at radius 3 is 2.74 bits per heavy atom. The zero-order chi connectivity index (χ0) is 18.4. The predicted octanol–water partition coefficient (Wildman–Crippen LogP) is 3.38. The van der Waals surface area contributed by atoms with Gasteiger partial charge in [-0.25, -0.2) is 9.37 Å². The molecule has 5 aromatic rings. The lowest BCUT2D eigenvalue weighted by molar-refractivity contribution is 0.369. The third-order valence-electron chi connectivity index (χ3n) is 4.23. The molecule has 0 N–H and O–H groups in total. The summed E-state index contributed by atoms with van der Waals surface area (Å²) in [6, 6.07) is 13.1. The Balaban J connectivity index is 1.51. The summed E-state index contributed by atoms with van der Waals surface area (Å²) in [5.74, 6) is 0.198. The van der Waals surface area contributed by atoms with Crippen molar-refractivity contribution in [2.24, 2.45) is 0 Å². The summed E-state index contributed by atoms with van der Waals surface area (Å²) in [4.78, 5) is 21.3. The molecule has 8 heteroatoms. The average Bonchev–Trinajstić information content (AvgIpc) is 3.30. The van der Waals surface area contributed by atoms with Gasteiger partial charge in [-0.3, -0.25) is 9.36 Å². The highest BCUT2D eigenvalue weighted by Gasteiger charge is 2.15. The van der Waals surface area contributed by atoms with Crippen LogP contribution in [0.2, 0.25) is 0 Å². The minimum absolute atomic E-state index is 0.0486. The smallest absolute Gasteiger partial charge is 0.297 e. The quantitative estimate of drug-likeness (QED) is 0.489. The number of hydrogen-bond acceptors (Lipinski definition) is 6. The number of benzene rings is 2. The van der Waals surface area contributed by atoms with Gasteiger partial charge in [-0.2, -0.15) is 4.98 Å². The van der Waals surface area contributed by atoms with Gasteiger partial charge in [0.1, 0.15) is 23.5 Å². The molecule has 0 radical (unpaired) electrons. The Morgan fingerprint density at radius 2 is 1.89 bits per heavy atom. The molecular formula is C19H11FN4O3. The van der Waals surface area contributed by atoms with Gasteiger partial charge in [0.15, 0.2) is 0 Å². The van der Waals surface area contributed by atoms with Crippen LogP contribution < -0.4 is 5.56 Å². The maximum Gasteiger partial charge on any atom is 0.297 e. The van der Waals surface area contributed by atoms with Crippen LogP contribution in [0.15, 0.2) is 68.6 Å². The highest BCUT2D eigenvalue weighted by Crippen LogP contribution is 2.24. The highest BCUT2D eigenvalue weighted by atomic mass is 19.1. The number of aromatic nitrogens is 4. The van der Waals surface area contributed by atoms with Crippen LogP contribution in [-0.2, 0) is 6.54 Å². The standard InChI is InChI=1S/C19H11FN4O3/c20-12-7-5-11(6-8-12)18-22-15(27-23-18)9-24-10-21-16-13-3-1-2-4-14(13)26-17(16)19(24)25/h1-8,10H,9H2. The van der Waals surface area contributed by atoms with Crippen LogP contribution in [0.25, 0.3) is 33.5 Å². The van der Waals surface area contributed by atoms with E-state index in [4.69, 9.17) is 8.94 Å². The Morgan fingerprint density at radius 1 is 1.07 bits per heavy atom. The summed E-state index contributed by atoms with van der Waals surface area (Å²) in [6.07, 6.45) is 1.42. The van der Waals surface area contributed by atoms with E-state index in [9.17, 15) is 9.18 Å². The molecule has 0 bridgehead atoms. The molecule has 0 aliphatic carbocycles. The Kier molecular flexibility index (Phi) is 3.36. The first-order valence-corrected chi connectivity index (χ1v) is 8.14. The van der Waals surface area contributed by atoms with Gasteiger partial charge in [0.2, 0.25) is 17.3 Å². The van der Waals surface area contributed by atoms with E-state index in [0.29, 0.717) is 22.5 Å². The van der Waals surface area contributed by atoms with Gasteiger partial charge in [-0.1, -0.05) is 17.3 Å². The number of furan rings is 1.